The van der Waals surface area contributed by atoms with E-state index in [4.69, 9.17) is 11.2 Å². The third-order valence-electron chi connectivity index (χ3n) is 8.48. The molecule has 10 heteroatoms. The quantitative estimate of drug-likeness (QED) is 0.355. The van der Waals surface area contributed by atoms with E-state index in [1.165, 1.54) is 30.5 Å². The van der Waals surface area contributed by atoms with Gasteiger partial charge in [-0.1, -0.05) is 12.0 Å². The maximum Gasteiger partial charge on any atom is 0.317 e. The smallest absolute Gasteiger partial charge is 0.317 e. The molecular weight excluding hydrogens is 519 g/mol. The zero-order chi connectivity index (χ0) is 27.6. The normalized spacial score (nSPS) is 22.4. The van der Waals surface area contributed by atoms with E-state index in [0.717, 1.165) is 38.9 Å². The summed E-state index contributed by atoms with van der Waals surface area (Å²) in [6, 6.07) is 5.46. The molecule has 1 N–H and O–H groups in total. The average Bonchev–Trinajstić information content (AvgIpc) is 3.43. The van der Waals surface area contributed by atoms with Crippen molar-refractivity contribution < 1.29 is 23.0 Å². The Labute approximate surface area is 228 Å². The molecule has 3 aliphatic rings. The van der Waals surface area contributed by atoms with Crippen molar-refractivity contribution in [1.82, 2.24) is 19.9 Å². The first-order chi connectivity index (χ1) is 19.4. The predicted molar refractivity (Wildman–Crippen MR) is 145 cm³/mol. The Hall–Kier alpha value is -4.10. The van der Waals surface area contributed by atoms with Gasteiger partial charge in [0.25, 0.3) is 0 Å². The number of halogens is 3. The van der Waals surface area contributed by atoms with Gasteiger partial charge in [0.2, 0.25) is 0 Å². The number of ether oxygens (including phenoxy) is 1. The summed E-state index contributed by atoms with van der Waals surface area (Å²) in [5, 5.41) is 11.6. The lowest BCUT2D eigenvalue weighted by molar-refractivity contribution is 0.107. The molecule has 2 aromatic carbocycles. The van der Waals surface area contributed by atoms with Crippen LogP contribution in [0.5, 0.6) is 11.8 Å². The first kappa shape index (κ1) is 24.9. The molecule has 0 saturated carbocycles. The topological polar surface area (TPSA) is 74.6 Å². The van der Waals surface area contributed by atoms with Gasteiger partial charge in [-0.3, -0.25) is 4.90 Å². The molecule has 0 radical (unpaired) electrons. The molecule has 0 unspecified atom stereocenters. The molecule has 3 aliphatic heterocycles. The molecule has 4 aromatic rings. The van der Waals surface area contributed by atoms with Crippen molar-refractivity contribution >= 4 is 27.5 Å². The van der Waals surface area contributed by atoms with Gasteiger partial charge in [-0.2, -0.15) is 4.98 Å². The number of aromatic nitrogens is 3. The first-order valence-electron chi connectivity index (χ1n) is 13.4. The maximum absolute atomic E-state index is 16.4. The van der Waals surface area contributed by atoms with Crippen LogP contribution in [0.3, 0.4) is 0 Å². The lowest BCUT2D eigenvalue weighted by Crippen LogP contribution is -2.43. The molecule has 204 valence electrons. The van der Waals surface area contributed by atoms with Gasteiger partial charge in [-0.05, 0) is 49.4 Å². The zero-order valence-electron chi connectivity index (χ0n) is 21.6. The van der Waals surface area contributed by atoms with E-state index in [2.05, 4.69) is 25.8 Å². The number of terminal acetylenes is 1. The molecule has 2 atom stereocenters. The summed E-state index contributed by atoms with van der Waals surface area (Å²) in [5.74, 6) is 1.31. The summed E-state index contributed by atoms with van der Waals surface area (Å²) in [6.07, 6.45) is 9.37. The number of hydrogen-bond donors (Lipinski definition) is 1. The van der Waals surface area contributed by atoms with Crippen LogP contribution in [0.1, 0.15) is 31.2 Å². The van der Waals surface area contributed by atoms with Gasteiger partial charge in [0.05, 0.1) is 16.5 Å². The standard InChI is InChI=1S/C30H26F3N5O2/c1-2-20-23(32)6-5-17-11-19(39)12-21(24(17)20)26-25(33)27-22(28(35-26)37-8-4-9-37)14-34-29(36-27)40-16-30-7-3-10-38(30)15-18(31)13-30/h1,5-6,11-12,14,18,39H,3-4,7-10,13,15-16H2/t18-,30+/m1/s1. The van der Waals surface area contributed by atoms with E-state index < -0.39 is 23.3 Å². The molecule has 0 amide bonds. The molecular formula is C30H26F3N5O2. The zero-order valence-corrected chi connectivity index (χ0v) is 21.6. The SMILES string of the molecule is C#Cc1c(F)ccc2cc(O)cc(-c3nc(N4CCC4)c4cnc(OC[C@@]56CCCN5C[C@H](F)C6)nc4c3F)c12. The molecule has 3 saturated heterocycles. The van der Waals surface area contributed by atoms with E-state index in [0.29, 0.717) is 29.6 Å². The highest BCUT2D eigenvalue weighted by molar-refractivity contribution is 6.03. The van der Waals surface area contributed by atoms with Gasteiger partial charge in [0.15, 0.2) is 5.82 Å². The number of benzene rings is 2. The summed E-state index contributed by atoms with van der Waals surface area (Å²) in [5.41, 5.74) is -0.417. The molecule has 40 heavy (non-hydrogen) atoms. The Morgan fingerprint density at radius 2 is 2.00 bits per heavy atom. The van der Waals surface area contributed by atoms with Crippen molar-refractivity contribution in [3.8, 4) is 35.4 Å². The number of pyridine rings is 1. The second kappa shape index (κ2) is 9.24. The number of aromatic hydroxyl groups is 1. The largest absolute Gasteiger partial charge is 0.508 e. The maximum atomic E-state index is 16.4. The van der Waals surface area contributed by atoms with Gasteiger partial charge in [0.1, 0.15) is 41.4 Å². The summed E-state index contributed by atoms with van der Waals surface area (Å²) >= 11 is 0. The molecule has 5 heterocycles. The second-order valence-corrected chi connectivity index (χ2v) is 10.9. The number of anilines is 1. The second-order valence-electron chi connectivity index (χ2n) is 10.9. The van der Waals surface area contributed by atoms with Gasteiger partial charge in [0, 0.05) is 43.2 Å². The minimum Gasteiger partial charge on any atom is -0.508 e. The van der Waals surface area contributed by atoms with Crippen LogP contribution in [0, 0.1) is 24.0 Å². The third kappa shape index (κ3) is 3.83. The molecule has 7 rings (SSSR count). The highest BCUT2D eigenvalue weighted by atomic mass is 19.1. The number of phenolic OH excluding ortho intramolecular Hbond substituents is 1. The Morgan fingerprint density at radius 3 is 2.77 bits per heavy atom. The minimum absolute atomic E-state index is 0.0115. The van der Waals surface area contributed by atoms with Crippen molar-refractivity contribution in [2.24, 2.45) is 0 Å². The number of alkyl halides is 1. The number of hydrogen-bond acceptors (Lipinski definition) is 7. The van der Waals surface area contributed by atoms with Crippen molar-refractivity contribution in [2.45, 2.75) is 37.4 Å². The Balaban J connectivity index is 1.38. The molecule has 2 aromatic heterocycles. The van der Waals surface area contributed by atoms with Crippen molar-refractivity contribution in [3.05, 3.63) is 47.7 Å². The monoisotopic (exact) mass is 545 g/mol. The van der Waals surface area contributed by atoms with E-state index in [1.54, 1.807) is 0 Å². The third-order valence-corrected chi connectivity index (χ3v) is 8.48. The molecule has 0 spiro atoms. The molecule has 0 aliphatic carbocycles. The van der Waals surface area contributed by atoms with E-state index in [9.17, 15) is 13.9 Å². The Kier molecular flexibility index (Phi) is 5.75. The highest BCUT2D eigenvalue weighted by Crippen LogP contribution is 2.42. The number of fused-ring (bicyclic) bond motifs is 3. The Bertz CT molecular complexity index is 1720. The molecule has 7 nitrogen and oxygen atoms in total. The van der Waals surface area contributed by atoms with Crippen molar-refractivity contribution in [1.29, 1.82) is 0 Å². The number of nitrogens with zero attached hydrogens (tertiary/aromatic N) is 5. The fraction of sp³-hybridized carbons (Fsp3) is 0.367. The summed E-state index contributed by atoms with van der Waals surface area (Å²) in [6.45, 7) is 2.87. The average molecular weight is 546 g/mol. The number of rotatable bonds is 5. The fourth-order valence-corrected chi connectivity index (χ4v) is 6.44. The predicted octanol–water partition coefficient (Wildman–Crippen LogP) is 4.98. The highest BCUT2D eigenvalue weighted by Gasteiger charge is 2.49. The van der Waals surface area contributed by atoms with Crippen molar-refractivity contribution in [2.75, 3.05) is 37.7 Å². The van der Waals surface area contributed by atoms with Crippen LogP contribution >= 0.6 is 0 Å². The Morgan fingerprint density at radius 1 is 1.15 bits per heavy atom. The fourth-order valence-electron chi connectivity index (χ4n) is 6.44. The summed E-state index contributed by atoms with van der Waals surface area (Å²) in [7, 11) is 0. The van der Waals surface area contributed by atoms with Crippen LogP contribution in [-0.2, 0) is 0 Å². The van der Waals surface area contributed by atoms with Crippen LogP contribution in [-0.4, -0.2) is 69.5 Å². The summed E-state index contributed by atoms with van der Waals surface area (Å²) in [4.78, 5) is 17.6. The van der Waals surface area contributed by atoms with Crippen LogP contribution in [0.4, 0.5) is 19.0 Å². The van der Waals surface area contributed by atoms with Crippen LogP contribution in [0.25, 0.3) is 32.9 Å². The van der Waals surface area contributed by atoms with E-state index >= 15 is 4.39 Å². The van der Waals surface area contributed by atoms with Crippen LogP contribution in [0.2, 0.25) is 0 Å². The first-order valence-corrected chi connectivity index (χ1v) is 13.4. The summed E-state index contributed by atoms with van der Waals surface area (Å²) < 4.78 is 51.3. The van der Waals surface area contributed by atoms with Crippen molar-refractivity contribution in [3.63, 3.8) is 0 Å². The van der Waals surface area contributed by atoms with Gasteiger partial charge in [-0.15, -0.1) is 6.42 Å². The lowest BCUT2D eigenvalue weighted by Gasteiger charge is -2.33. The van der Waals surface area contributed by atoms with E-state index in [1.807, 2.05) is 4.90 Å². The van der Waals surface area contributed by atoms with Gasteiger partial charge < -0.3 is 14.7 Å². The minimum atomic E-state index is -0.901. The number of phenols is 1. The lowest BCUT2D eigenvalue weighted by atomic mass is 9.95. The van der Waals surface area contributed by atoms with Gasteiger partial charge in [-0.25, -0.2) is 23.1 Å². The van der Waals surface area contributed by atoms with Crippen LogP contribution < -0.4 is 9.64 Å². The molecule has 3 fully saturated rings. The van der Waals surface area contributed by atoms with Crippen LogP contribution in [0.15, 0.2) is 30.5 Å². The molecule has 0 bridgehead atoms. The van der Waals surface area contributed by atoms with E-state index in [-0.39, 0.29) is 46.1 Å². The van der Waals surface area contributed by atoms with Gasteiger partial charge >= 0.3 is 6.01 Å².